The van der Waals surface area contributed by atoms with Crippen molar-refractivity contribution in [1.82, 2.24) is 5.32 Å². The lowest BCUT2D eigenvalue weighted by atomic mass is 9.96. The number of rotatable bonds is 3. The number of hydrogen-bond donors (Lipinski definition) is 3. The Labute approximate surface area is 112 Å². The number of nitrogens with one attached hydrogen (secondary N) is 2. The van der Waals surface area contributed by atoms with Gasteiger partial charge in [0.25, 0.3) is 0 Å². The maximum atomic E-state index is 12.1. The summed E-state index contributed by atoms with van der Waals surface area (Å²) in [4.78, 5) is 23.4. The van der Waals surface area contributed by atoms with Crippen molar-refractivity contribution in [3.8, 4) is 0 Å². The molecule has 0 spiro atoms. The number of amides is 2. The molecule has 5 heteroatoms. The predicted octanol–water partition coefficient (Wildman–Crippen LogP) is 0.793. The normalized spacial score (nSPS) is 18.1. The highest BCUT2D eigenvalue weighted by molar-refractivity contribution is 5.93. The topological polar surface area (TPSA) is 84.2 Å². The molecule has 4 N–H and O–H groups in total. The molecular formula is C14H19N3O2. The van der Waals surface area contributed by atoms with Crippen molar-refractivity contribution in [3.05, 3.63) is 29.8 Å². The van der Waals surface area contributed by atoms with Gasteiger partial charge in [-0.2, -0.15) is 0 Å². The van der Waals surface area contributed by atoms with Crippen molar-refractivity contribution in [2.45, 2.75) is 38.3 Å². The van der Waals surface area contributed by atoms with Crippen LogP contribution in [0.5, 0.6) is 0 Å². The van der Waals surface area contributed by atoms with E-state index >= 15 is 0 Å². The number of aryl methyl sites for hydroxylation is 1. The van der Waals surface area contributed by atoms with Crippen LogP contribution in [0.4, 0.5) is 5.69 Å². The molecule has 0 saturated heterocycles. The molecule has 1 aromatic rings. The van der Waals surface area contributed by atoms with E-state index in [4.69, 9.17) is 5.73 Å². The third-order valence-electron chi connectivity index (χ3n) is 3.42. The minimum Gasteiger partial charge on any atom is -0.373 e. The number of benzene rings is 1. The van der Waals surface area contributed by atoms with Crippen LogP contribution in [-0.2, 0) is 16.0 Å². The zero-order chi connectivity index (χ0) is 14.0. The van der Waals surface area contributed by atoms with Gasteiger partial charge in [-0.1, -0.05) is 18.2 Å². The van der Waals surface area contributed by atoms with E-state index in [-0.39, 0.29) is 11.9 Å². The van der Waals surface area contributed by atoms with Crippen molar-refractivity contribution < 1.29 is 9.59 Å². The minimum atomic E-state index is -1.03. The molecule has 102 valence electrons. The Morgan fingerprint density at radius 1 is 1.37 bits per heavy atom. The Hall–Kier alpha value is -2.04. The van der Waals surface area contributed by atoms with Crippen molar-refractivity contribution in [2.75, 3.05) is 5.32 Å². The summed E-state index contributed by atoms with van der Waals surface area (Å²) in [6, 6.07) is 7.59. The highest BCUT2D eigenvalue weighted by Crippen LogP contribution is 2.24. The molecule has 1 unspecified atom stereocenters. The van der Waals surface area contributed by atoms with Gasteiger partial charge in [0, 0.05) is 5.69 Å². The number of carbonyl (C=O) groups excluding carboxylic acids is 2. The van der Waals surface area contributed by atoms with Gasteiger partial charge in [-0.05, 0) is 38.3 Å². The molecule has 0 radical (unpaired) electrons. The summed E-state index contributed by atoms with van der Waals surface area (Å²) < 4.78 is 0. The zero-order valence-electron chi connectivity index (χ0n) is 11.2. The van der Waals surface area contributed by atoms with Gasteiger partial charge in [-0.25, -0.2) is 0 Å². The predicted molar refractivity (Wildman–Crippen MR) is 73.6 cm³/mol. The molecule has 19 heavy (non-hydrogen) atoms. The molecule has 1 aliphatic heterocycles. The molecule has 5 nitrogen and oxygen atoms in total. The van der Waals surface area contributed by atoms with E-state index in [2.05, 4.69) is 10.6 Å². The van der Waals surface area contributed by atoms with E-state index in [1.807, 2.05) is 24.3 Å². The molecule has 1 atom stereocenters. The number of nitrogens with two attached hydrogens (primary N) is 1. The highest BCUT2D eigenvalue weighted by Gasteiger charge is 2.31. The lowest BCUT2D eigenvalue weighted by Crippen LogP contribution is -2.56. The second-order valence-electron chi connectivity index (χ2n) is 5.37. The van der Waals surface area contributed by atoms with Gasteiger partial charge in [0.05, 0.1) is 0 Å². The van der Waals surface area contributed by atoms with Crippen molar-refractivity contribution in [3.63, 3.8) is 0 Å². The Morgan fingerprint density at radius 2 is 2.05 bits per heavy atom. The van der Waals surface area contributed by atoms with Gasteiger partial charge in [-0.3, -0.25) is 9.59 Å². The van der Waals surface area contributed by atoms with Gasteiger partial charge >= 0.3 is 0 Å². The average Bonchev–Trinajstić information content (AvgIpc) is 2.37. The average molecular weight is 261 g/mol. The van der Waals surface area contributed by atoms with Crippen LogP contribution in [0.25, 0.3) is 0 Å². The molecule has 0 saturated carbocycles. The molecule has 1 aromatic carbocycles. The van der Waals surface area contributed by atoms with E-state index < -0.39 is 11.4 Å². The van der Waals surface area contributed by atoms with Gasteiger partial charge in [0.2, 0.25) is 11.8 Å². The molecule has 0 aromatic heterocycles. The van der Waals surface area contributed by atoms with Gasteiger partial charge in [0.15, 0.2) is 0 Å². The molecular weight excluding hydrogens is 242 g/mol. The zero-order valence-corrected chi connectivity index (χ0v) is 11.2. The number of hydrogen-bond acceptors (Lipinski definition) is 3. The quantitative estimate of drug-likeness (QED) is 0.752. The Morgan fingerprint density at radius 3 is 2.74 bits per heavy atom. The molecule has 0 aliphatic carbocycles. The third kappa shape index (κ3) is 2.86. The number of para-hydroxylation sites is 1. The van der Waals surface area contributed by atoms with Crippen LogP contribution in [0.1, 0.15) is 25.8 Å². The van der Waals surface area contributed by atoms with E-state index in [0.29, 0.717) is 6.42 Å². The maximum absolute atomic E-state index is 12.1. The van der Waals surface area contributed by atoms with Gasteiger partial charge < -0.3 is 16.4 Å². The minimum absolute atomic E-state index is 0.196. The van der Waals surface area contributed by atoms with E-state index in [0.717, 1.165) is 12.1 Å². The Kier molecular flexibility index (Phi) is 3.46. The second-order valence-corrected chi connectivity index (χ2v) is 5.37. The lowest BCUT2D eigenvalue weighted by molar-refractivity contribution is -0.130. The van der Waals surface area contributed by atoms with Crippen LogP contribution < -0.4 is 16.4 Å². The van der Waals surface area contributed by atoms with Crippen LogP contribution in [0.3, 0.4) is 0 Å². The summed E-state index contributed by atoms with van der Waals surface area (Å²) >= 11 is 0. The maximum Gasteiger partial charge on any atom is 0.243 e. The molecule has 1 aliphatic rings. The molecule has 1 heterocycles. The van der Waals surface area contributed by atoms with E-state index in [1.54, 1.807) is 13.8 Å². The molecule has 2 rings (SSSR count). The largest absolute Gasteiger partial charge is 0.373 e. The van der Waals surface area contributed by atoms with Crippen LogP contribution in [-0.4, -0.2) is 23.4 Å². The van der Waals surface area contributed by atoms with Crippen molar-refractivity contribution >= 4 is 17.5 Å². The van der Waals surface area contributed by atoms with Gasteiger partial charge in [0.1, 0.15) is 11.6 Å². The Bertz CT molecular complexity index is 511. The first-order valence-corrected chi connectivity index (χ1v) is 6.36. The van der Waals surface area contributed by atoms with E-state index in [1.165, 1.54) is 5.56 Å². The Balaban J connectivity index is 2.05. The molecule has 0 bridgehead atoms. The number of carbonyl (C=O) groups is 2. The van der Waals surface area contributed by atoms with Gasteiger partial charge in [-0.15, -0.1) is 0 Å². The monoisotopic (exact) mass is 261 g/mol. The first-order chi connectivity index (χ1) is 8.90. The standard InChI is InChI=1S/C14H19N3O2/c1-14(2,13(15)19)17-12(18)11-8-7-9-5-3-4-6-10(9)16-11/h3-6,11,16H,7-8H2,1-2H3,(H2,15,19)(H,17,18). The summed E-state index contributed by atoms with van der Waals surface area (Å²) in [5.41, 5.74) is 6.41. The fourth-order valence-corrected chi connectivity index (χ4v) is 2.09. The van der Waals surface area contributed by atoms with Crippen LogP contribution in [0.15, 0.2) is 24.3 Å². The molecule has 0 fully saturated rings. The third-order valence-corrected chi connectivity index (χ3v) is 3.42. The van der Waals surface area contributed by atoms with Crippen LogP contribution >= 0.6 is 0 Å². The summed E-state index contributed by atoms with van der Waals surface area (Å²) in [6.07, 6.45) is 1.55. The van der Waals surface area contributed by atoms with Crippen molar-refractivity contribution in [2.24, 2.45) is 5.73 Å². The van der Waals surface area contributed by atoms with Crippen LogP contribution in [0.2, 0.25) is 0 Å². The summed E-state index contributed by atoms with van der Waals surface area (Å²) in [6.45, 7) is 3.20. The SMILES string of the molecule is CC(C)(NC(=O)C1CCc2ccccc2N1)C(N)=O. The van der Waals surface area contributed by atoms with Crippen molar-refractivity contribution in [1.29, 1.82) is 0 Å². The highest BCUT2D eigenvalue weighted by atomic mass is 16.2. The molecule has 2 amide bonds. The number of fused-ring (bicyclic) bond motifs is 1. The first-order valence-electron chi connectivity index (χ1n) is 6.36. The van der Waals surface area contributed by atoms with Crippen LogP contribution in [0, 0.1) is 0 Å². The second kappa shape index (κ2) is 4.91. The van der Waals surface area contributed by atoms with E-state index in [9.17, 15) is 9.59 Å². The number of anilines is 1. The number of primary amides is 1. The summed E-state index contributed by atoms with van der Waals surface area (Å²) in [5.74, 6) is -0.740. The summed E-state index contributed by atoms with van der Waals surface area (Å²) in [7, 11) is 0. The lowest BCUT2D eigenvalue weighted by Gasteiger charge is -2.30. The summed E-state index contributed by atoms with van der Waals surface area (Å²) in [5, 5.41) is 5.87. The smallest absolute Gasteiger partial charge is 0.243 e. The first kappa shape index (κ1) is 13.4. The fourth-order valence-electron chi connectivity index (χ4n) is 2.09. The fraction of sp³-hybridized carbons (Fsp3) is 0.429.